The fourth-order valence-corrected chi connectivity index (χ4v) is 15.3. The van der Waals surface area contributed by atoms with Crippen LogP contribution in [0.2, 0.25) is 0 Å². The summed E-state index contributed by atoms with van der Waals surface area (Å²) >= 11 is 0. The molecule has 0 aliphatic carbocycles. The zero-order valence-electron chi connectivity index (χ0n) is 48.2. The smallest absolute Gasteiger partial charge is 0.520 e. The second-order valence-corrected chi connectivity index (χ2v) is 23.4. The van der Waals surface area contributed by atoms with Crippen molar-refractivity contribution >= 4 is 117 Å². The highest BCUT2D eigenvalue weighted by Crippen LogP contribution is 2.63. The van der Waals surface area contributed by atoms with Crippen LogP contribution in [0.1, 0.15) is 0 Å². The number of para-hydroxylation sites is 10. The Kier molecular flexibility index (Phi) is 10.9. The minimum absolute atomic E-state index is 0.403. The van der Waals surface area contributed by atoms with Crippen molar-refractivity contribution in [2.75, 3.05) is 29.0 Å². The number of hydrogen-bond donors (Lipinski definition) is 0. The molecule has 414 valence electrons. The highest BCUT2D eigenvalue weighted by molar-refractivity contribution is 6.89. The quantitative estimate of drug-likeness (QED) is 0.125. The minimum atomic E-state index is -0.931. The van der Waals surface area contributed by atoms with Crippen LogP contribution in [0.5, 0.6) is 11.5 Å². The zero-order chi connectivity index (χ0) is 58.3. The Morgan fingerprint density at radius 2 is 0.528 bits per heavy atom. The summed E-state index contributed by atoms with van der Waals surface area (Å²) in [6.07, 6.45) is 0. The summed E-state index contributed by atoms with van der Waals surface area (Å²) in [5, 5.41) is 0. The molecule has 0 amide bonds. The Morgan fingerprint density at radius 1 is 0.247 bits per heavy atom. The largest absolute Gasteiger partial charge is 0.634 e. The van der Waals surface area contributed by atoms with Gasteiger partial charge < -0.3 is 38.4 Å². The number of benzene rings is 13. The monoisotopic (exact) mass is 1140 g/mol. The standard InChI is InChI=1S/C78H51B3N6O2/c1-9-29-52(30-10-1)82(53-31-11-2-12-32-53)68-49-62-60-45-25-27-47-64(60)84(56-37-17-5-18-38-56)79-74(62)72-70-66(86(79)58-41-21-7-22-42-58)51-67-71-73-75-63(61-46-26-28-48-65(61)85(57-39-19-6-20-40-57)80(75)87(67)59-43-23-8-24-44-59)50-69(78(73)89-81(76(70)71)88-77(68)72)83(54-33-13-3-14-34-54)55-35-15-4-16-36-55/h1-51H. The topological polar surface area (TPSA) is 37.9 Å². The molecule has 0 fully saturated rings. The fraction of sp³-hybridized carbons (Fsp3) is 0. The van der Waals surface area contributed by atoms with Crippen molar-refractivity contribution in [3.8, 4) is 56.0 Å². The molecular weight excluding hydrogens is 1090 g/mol. The van der Waals surface area contributed by atoms with Crippen LogP contribution in [-0.2, 0) is 0 Å². The predicted octanol–water partition coefficient (Wildman–Crippen LogP) is 17.8. The summed E-state index contributed by atoms with van der Waals surface area (Å²) in [6.45, 7) is -0.807. The van der Waals surface area contributed by atoms with Gasteiger partial charge >= 0.3 is 21.1 Å². The molecule has 11 heteroatoms. The summed E-state index contributed by atoms with van der Waals surface area (Å²) in [4.78, 5) is 15.1. The molecule has 0 spiro atoms. The van der Waals surface area contributed by atoms with Gasteiger partial charge in [0.05, 0.1) is 11.4 Å². The van der Waals surface area contributed by atoms with Crippen LogP contribution in [0.3, 0.4) is 0 Å². The third-order valence-electron chi connectivity index (χ3n) is 18.7. The van der Waals surface area contributed by atoms with Crippen LogP contribution in [0, 0.1) is 0 Å². The Morgan fingerprint density at radius 3 is 0.854 bits per heavy atom. The normalized spacial score (nSPS) is 13.6. The molecule has 89 heavy (non-hydrogen) atoms. The van der Waals surface area contributed by atoms with E-state index in [0.717, 1.165) is 152 Å². The molecule has 0 N–H and O–H groups in total. The number of fused-ring (bicyclic) bond motifs is 4. The molecular formula is C78H51B3N6O2. The highest BCUT2D eigenvalue weighted by Gasteiger charge is 2.59. The minimum Gasteiger partial charge on any atom is -0.520 e. The lowest BCUT2D eigenvalue weighted by Crippen LogP contribution is -2.66. The molecule has 0 atom stereocenters. The Bertz CT molecular complexity index is 4570. The summed E-state index contributed by atoms with van der Waals surface area (Å²) in [5.41, 5.74) is 26.7. The van der Waals surface area contributed by atoms with E-state index in [1.54, 1.807) is 0 Å². The van der Waals surface area contributed by atoms with Gasteiger partial charge in [-0.2, -0.15) is 0 Å². The summed E-state index contributed by atoms with van der Waals surface area (Å²) in [7, 11) is -0.931. The average molecular weight is 1140 g/mol. The number of hydrogen-bond acceptors (Lipinski definition) is 8. The SMILES string of the molecule is c1ccc(N2B3c4c(cc(N(c5ccccc5)c5ccccc5)c5c4-c4c(cc6c7c4B(O5)Oc4c(N(c5ccccc5)c5ccccc5)cc5c(c4-7)B(N(c4ccccc4)c4ccccc4-5)N6c4ccccc4)N3c3ccccc3)-c3ccccc32)cc1. The van der Waals surface area contributed by atoms with Crippen molar-refractivity contribution < 1.29 is 9.31 Å². The highest BCUT2D eigenvalue weighted by atomic mass is 16.6. The van der Waals surface area contributed by atoms with Gasteiger partial charge in [-0.05, 0) is 149 Å². The van der Waals surface area contributed by atoms with Crippen LogP contribution in [0.25, 0.3) is 44.5 Å². The van der Waals surface area contributed by atoms with Gasteiger partial charge in [-0.3, -0.25) is 0 Å². The first-order valence-corrected chi connectivity index (χ1v) is 30.6. The molecule has 0 aromatic heterocycles. The molecule has 13 aromatic carbocycles. The van der Waals surface area contributed by atoms with Gasteiger partial charge in [0.25, 0.3) is 0 Å². The first-order valence-electron chi connectivity index (χ1n) is 30.6. The lowest BCUT2D eigenvalue weighted by atomic mass is 9.48. The van der Waals surface area contributed by atoms with Crippen molar-refractivity contribution in [3.05, 3.63) is 309 Å². The van der Waals surface area contributed by atoms with Crippen molar-refractivity contribution in [3.63, 3.8) is 0 Å². The lowest BCUT2D eigenvalue weighted by molar-refractivity contribution is 0.437. The van der Waals surface area contributed by atoms with E-state index in [1.807, 2.05) is 0 Å². The third-order valence-corrected chi connectivity index (χ3v) is 18.7. The second kappa shape index (κ2) is 19.5. The van der Waals surface area contributed by atoms with Crippen LogP contribution in [-0.4, -0.2) is 21.1 Å². The Hall–Kier alpha value is -11.5. The fourth-order valence-electron chi connectivity index (χ4n) is 15.3. The summed E-state index contributed by atoms with van der Waals surface area (Å²) < 4.78 is 16.3. The second-order valence-electron chi connectivity index (χ2n) is 23.4. The molecule has 19 rings (SSSR count). The van der Waals surface area contributed by atoms with Gasteiger partial charge in [0.2, 0.25) is 0 Å². The average Bonchev–Trinajstić information content (AvgIpc) is 0.666. The first-order chi connectivity index (χ1) is 44.2. The van der Waals surface area contributed by atoms with Crippen molar-refractivity contribution in [1.82, 2.24) is 0 Å². The van der Waals surface area contributed by atoms with E-state index in [4.69, 9.17) is 9.31 Å². The van der Waals surface area contributed by atoms with Gasteiger partial charge in [-0.1, -0.05) is 182 Å². The molecule has 0 bridgehead atoms. The number of rotatable bonds is 10. The van der Waals surface area contributed by atoms with E-state index in [0.29, 0.717) is 0 Å². The third kappa shape index (κ3) is 7.21. The predicted molar refractivity (Wildman–Crippen MR) is 369 cm³/mol. The lowest BCUT2D eigenvalue weighted by Gasteiger charge is -2.53. The number of anilines is 14. The molecule has 6 aliphatic heterocycles. The van der Waals surface area contributed by atoms with E-state index in [9.17, 15) is 0 Å². The maximum atomic E-state index is 8.16. The zero-order valence-corrected chi connectivity index (χ0v) is 48.2. The van der Waals surface area contributed by atoms with E-state index in [1.165, 1.54) is 0 Å². The van der Waals surface area contributed by atoms with Crippen molar-refractivity contribution in [2.45, 2.75) is 0 Å². The summed E-state index contributed by atoms with van der Waals surface area (Å²) in [6, 6.07) is 112. The van der Waals surface area contributed by atoms with E-state index in [2.05, 4.69) is 338 Å². The van der Waals surface area contributed by atoms with E-state index in [-0.39, 0.29) is 0 Å². The van der Waals surface area contributed by atoms with Gasteiger partial charge in [-0.15, -0.1) is 0 Å². The van der Waals surface area contributed by atoms with Crippen LogP contribution < -0.4 is 54.7 Å². The molecule has 0 unspecified atom stereocenters. The van der Waals surface area contributed by atoms with Crippen LogP contribution in [0.15, 0.2) is 309 Å². The molecule has 13 aromatic rings. The molecule has 0 saturated carbocycles. The molecule has 0 saturated heterocycles. The van der Waals surface area contributed by atoms with E-state index < -0.39 is 21.1 Å². The molecule has 6 aliphatic rings. The van der Waals surface area contributed by atoms with E-state index >= 15 is 0 Å². The number of nitrogens with zero attached hydrogens (tertiary/aromatic N) is 6. The van der Waals surface area contributed by atoms with Crippen molar-refractivity contribution in [2.24, 2.45) is 0 Å². The van der Waals surface area contributed by atoms with Gasteiger partial charge in [0.1, 0.15) is 11.5 Å². The van der Waals surface area contributed by atoms with Gasteiger partial charge in [0.15, 0.2) is 0 Å². The molecule has 6 heterocycles. The van der Waals surface area contributed by atoms with Crippen LogP contribution >= 0.6 is 0 Å². The Labute approximate surface area is 517 Å². The summed E-state index contributed by atoms with van der Waals surface area (Å²) in [5.74, 6) is 1.51. The Balaban J connectivity index is 1.01. The first kappa shape index (κ1) is 49.7. The van der Waals surface area contributed by atoms with Crippen molar-refractivity contribution in [1.29, 1.82) is 0 Å². The van der Waals surface area contributed by atoms with Gasteiger partial charge in [0, 0.05) is 107 Å². The molecule has 8 nitrogen and oxygen atoms in total. The van der Waals surface area contributed by atoms with Gasteiger partial charge in [-0.25, -0.2) is 0 Å². The maximum Gasteiger partial charge on any atom is 0.634 e. The maximum absolute atomic E-state index is 8.16. The van der Waals surface area contributed by atoms with Crippen LogP contribution in [0.4, 0.5) is 79.6 Å². The molecule has 0 radical (unpaired) electrons.